The highest BCUT2D eigenvalue weighted by Gasteiger charge is 2.28. The summed E-state index contributed by atoms with van der Waals surface area (Å²) in [5.41, 5.74) is 0.366. The van der Waals surface area contributed by atoms with E-state index in [0.29, 0.717) is 12.8 Å². The topological polar surface area (TPSA) is 77.8 Å². The molecule has 0 aliphatic rings. The van der Waals surface area contributed by atoms with Gasteiger partial charge in [0.2, 0.25) is 0 Å². The first kappa shape index (κ1) is 15.2. The number of rotatable bonds is 6. The summed E-state index contributed by atoms with van der Waals surface area (Å²) in [4.78, 5) is 10.4. The highest BCUT2D eigenvalue weighted by molar-refractivity contribution is 5.79. The molecule has 4 heteroatoms. The van der Waals surface area contributed by atoms with Crippen molar-refractivity contribution in [2.24, 2.45) is 5.41 Å². The van der Waals surface area contributed by atoms with Gasteiger partial charge in [0.05, 0.1) is 6.10 Å². The van der Waals surface area contributed by atoms with Crippen molar-refractivity contribution >= 4 is 5.97 Å². The molecule has 0 unspecified atom stereocenters. The lowest BCUT2D eigenvalue weighted by atomic mass is 9.79. The van der Waals surface area contributed by atoms with Crippen LogP contribution in [0.25, 0.3) is 0 Å². The van der Waals surface area contributed by atoms with E-state index >= 15 is 0 Å². The van der Waals surface area contributed by atoms with Gasteiger partial charge in [-0.2, -0.15) is 0 Å². The molecule has 1 aromatic carbocycles. The highest BCUT2D eigenvalue weighted by Crippen LogP contribution is 2.37. The Morgan fingerprint density at radius 1 is 1.32 bits per heavy atom. The number of carbonyl (C=O) groups is 1. The van der Waals surface area contributed by atoms with Gasteiger partial charge >= 0.3 is 5.97 Å². The fourth-order valence-corrected chi connectivity index (χ4v) is 1.88. The minimum absolute atomic E-state index is 0.165. The summed E-state index contributed by atoms with van der Waals surface area (Å²) in [5, 5.41) is 28.0. The predicted molar refractivity (Wildman–Crippen MR) is 72.9 cm³/mol. The molecule has 0 bridgehead atoms. The zero-order valence-corrected chi connectivity index (χ0v) is 11.2. The summed E-state index contributed by atoms with van der Waals surface area (Å²) in [6.07, 6.45) is 3.30. The first-order valence-corrected chi connectivity index (χ1v) is 6.19. The summed E-state index contributed by atoms with van der Waals surface area (Å²) in [7, 11) is 0. The Bertz CT molecular complexity index is 446. The Balaban J connectivity index is 2.65. The molecule has 0 saturated heterocycles. The number of carboxylic acid groups (broad SMARTS) is 1. The Morgan fingerprint density at radius 2 is 1.89 bits per heavy atom. The second-order valence-electron chi connectivity index (χ2n) is 5.26. The maximum atomic E-state index is 10.4. The van der Waals surface area contributed by atoms with Crippen LogP contribution in [-0.4, -0.2) is 21.3 Å². The Labute approximate surface area is 113 Å². The summed E-state index contributed by atoms with van der Waals surface area (Å²) >= 11 is 0. The number of hydrogen-bond acceptors (Lipinski definition) is 3. The maximum Gasteiger partial charge on any atom is 0.327 e. The van der Waals surface area contributed by atoms with E-state index in [2.05, 4.69) is 0 Å². The molecule has 104 valence electrons. The smallest absolute Gasteiger partial charge is 0.327 e. The van der Waals surface area contributed by atoms with Crippen molar-refractivity contribution in [2.75, 3.05) is 0 Å². The fourth-order valence-electron chi connectivity index (χ4n) is 1.88. The molecule has 0 amide bonds. The average molecular weight is 264 g/mol. The molecule has 0 aliphatic heterocycles. The van der Waals surface area contributed by atoms with Crippen molar-refractivity contribution in [3.8, 4) is 5.75 Å². The Kier molecular flexibility index (Phi) is 5.12. The van der Waals surface area contributed by atoms with Gasteiger partial charge in [-0.25, -0.2) is 4.79 Å². The largest absolute Gasteiger partial charge is 0.508 e. The van der Waals surface area contributed by atoms with E-state index in [-0.39, 0.29) is 11.2 Å². The SMILES string of the molecule is CC(C)(CC/C=C/C(=O)O)[C@H](O)c1ccc(O)cc1. The van der Waals surface area contributed by atoms with Gasteiger partial charge < -0.3 is 15.3 Å². The van der Waals surface area contributed by atoms with Crippen molar-refractivity contribution in [3.63, 3.8) is 0 Å². The molecule has 1 rings (SSSR count). The molecule has 3 N–H and O–H groups in total. The molecule has 4 nitrogen and oxygen atoms in total. The van der Waals surface area contributed by atoms with Gasteiger partial charge in [0.15, 0.2) is 0 Å². The van der Waals surface area contributed by atoms with Gasteiger partial charge in [-0.3, -0.25) is 0 Å². The normalized spacial score (nSPS) is 13.6. The number of carboxylic acids is 1. The minimum atomic E-state index is -0.961. The molecular weight excluding hydrogens is 244 g/mol. The quantitative estimate of drug-likeness (QED) is 0.690. The fraction of sp³-hybridized carbons (Fsp3) is 0.400. The maximum absolute atomic E-state index is 10.4. The van der Waals surface area contributed by atoms with E-state index in [1.54, 1.807) is 30.3 Å². The molecule has 0 heterocycles. The monoisotopic (exact) mass is 264 g/mol. The third kappa shape index (κ3) is 4.75. The van der Waals surface area contributed by atoms with Crippen LogP contribution in [0.15, 0.2) is 36.4 Å². The number of aliphatic hydroxyl groups excluding tert-OH is 1. The van der Waals surface area contributed by atoms with E-state index < -0.39 is 12.1 Å². The van der Waals surface area contributed by atoms with Crippen LogP contribution in [-0.2, 0) is 4.79 Å². The number of benzene rings is 1. The molecular formula is C15H20O4. The van der Waals surface area contributed by atoms with Crippen LogP contribution in [0.1, 0.15) is 38.4 Å². The predicted octanol–water partition coefficient (Wildman–Crippen LogP) is 2.87. The second-order valence-corrected chi connectivity index (χ2v) is 5.26. The Hall–Kier alpha value is -1.81. The van der Waals surface area contributed by atoms with Crippen LogP contribution in [0.3, 0.4) is 0 Å². The number of aliphatic hydroxyl groups is 1. The molecule has 0 spiro atoms. The first-order valence-electron chi connectivity index (χ1n) is 6.19. The lowest BCUT2D eigenvalue weighted by Gasteiger charge is -2.30. The van der Waals surface area contributed by atoms with Crippen LogP contribution < -0.4 is 0 Å². The van der Waals surface area contributed by atoms with Gasteiger partial charge in [0.1, 0.15) is 5.75 Å². The van der Waals surface area contributed by atoms with Crippen molar-refractivity contribution in [1.82, 2.24) is 0 Å². The van der Waals surface area contributed by atoms with Crippen LogP contribution >= 0.6 is 0 Å². The third-order valence-corrected chi connectivity index (χ3v) is 3.16. The van der Waals surface area contributed by atoms with Crippen LogP contribution in [0.4, 0.5) is 0 Å². The molecule has 1 atom stereocenters. The van der Waals surface area contributed by atoms with Gasteiger partial charge in [-0.15, -0.1) is 0 Å². The van der Waals surface area contributed by atoms with E-state index in [9.17, 15) is 15.0 Å². The third-order valence-electron chi connectivity index (χ3n) is 3.16. The van der Waals surface area contributed by atoms with E-state index in [0.717, 1.165) is 11.6 Å². The van der Waals surface area contributed by atoms with E-state index in [4.69, 9.17) is 5.11 Å². The Morgan fingerprint density at radius 3 is 2.42 bits per heavy atom. The summed E-state index contributed by atoms with van der Waals surface area (Å²) in [6.45, 7) is 3.86. The molecule has 0 aromatic heterocycles. The molecule has 0 radical (unpaired) electrons. The zero-order valence-electron chi connectivity index (χ0n) is 11.2. The zero-order chi connectivity index (χ0) is 14.5. The molecule has 0 fully saturated rings. The van der Waals surface area contributed by atoms with Gasteiger partial charge in [0.25, 0.3) is 0 Å². The van der Waals surface area contributed by atoms with Gasteiger partial charge in [0, 0.05) is 6.08 Å². The van der Waals surface area contributed by atoms with Crippen molar-refractivity contribution < 1.29 is 20.1 Å². The summed E-state index contributed by atoms with van der Waals surface area (Å²) in [5.74, 6) is -0.796. The lowest BCUT2D eigenvalue weighted by Crippen LogP contribution is -2.21. The second kappa shape index (κ2) is 6.38. The van der Waals surface area contributed by atoms with E-state index in [1.807, 2.05) is 13.8 Å². The number of phenols is 1. The highest BCUT2D eigenvalue weighted by atomic mass is 16.4. The minimum Gasteiger partial charge on any atom is -0.508 e. The standard InChI is InChI=1S/C15H20O4/c1-15(2,10-4-3-5-13(17)18)14(19)11-6-8-12(16)9-7-11/h3,5-9,14,16,19H,4,10H2,1-2H3,(H,17,18)/b5-3+/t14-/m1/s1. The summed E-state index contributed by atoms with van der Waals surface area (Å²) in [6, 6.07) is 6.46. The van der Waals surface area contributed by atoms with Crippen molar-refractivity contribution in [1.29, 1.82) is 0 Å². The first-order chi connectivity index (χ1) is 8.83. The lowest BCUT2D eigenvalue weighted by molar-refractivity contribution is -0.131. The number of aromatic hydroxyl groups is 1. The van der Waals surface area contributed by atoms with Crippen molar-refractivity contribution in [2.45, 2.75) is 32.8 Å². The molecule has 0 saturated carbocycles. The number of hydrogen-bond donors (Lipinski definition) is 3. The van der Waals surface area contributed by atoms with Crippen molar-refractivity contribution in [3.05, 3.63) is 42.0 Å². The van der Waals surface area contributed by atoms with E-state index in [1.165, 1.54) is 0 Å². The summed E-state index contributed by atoms with van der Waals surface area (Å²) < 4.78 is 0. The number of phenolic OH excluding ortho intramolecular Hbond substituents is 1. The van der Waals surface area contributed by atoms with Crippen LogP contribution in [0.5, 0.6) is 5.75 Å². The average Bonchev–Trinajstić information content (AvgIpc) is 2.34. The van der Waals surface area contributed by atoms with Crippen LogP contribution in [0, 0.1) is 5.41 Å². The number of allylic oxidation sites excluding steroid dienone is 1. The molecule has 19 heavy (non-hydrogen) atoms. The van der Waals surface area contributed by atoms with Crippen LogP contribution in [0.2, 0.25) is 0 Å². The van der Waals surface area contributed by atoms with Gasteiger partial charge in [-0.1, -0.05) is 32.1 Å². The van der Waals surface area contributed by atoms with Gasteiger partial charge in [-0.05, 0) is 36.0 Å². The number of aliphatic carboxylic acids is 1. The molecule has 0 aliphatic carbocycles. The molecule has 1 aromatic rings.